The molecule has 0 aliphatic carbocycles. The Kier molecular flexibility index (Phi) is 9.58. The van der Waals surface area contributed by atoms with E-state index in [0.29, 0.717) is 31.8 Å². The van der Waals surface area contributed by atoms with Gasteiger partial charge in [-0.2, -0.15) is 0 Å². The van der Waals surface area contributed by atoms with Gasteiger partial charge in [-0.05, 0) is 57.8 Å². The lowest BCUT2D eigenvalue weighted by Crippen LogP contribution is -2.32. The first-order chi connectivity index (χ1) is 17.3. The van der Waals surface area contributed by atoms with Gasteiger partial charge in [0.25, 0.3) is 0 Å². The second-order valence-corrected chi connectivity index (χ2v) is 11.0. The smallest absolute Gasteiger partial charge is 0.330 e. The maximum Gasteiger partial charge on any atom is 0.330 e. The van der Waals surface area contributed by atoms with Gasteiger partial charge in [0.1, 0.15) is 18.3 Å². The second kappa shape index (κ2) is 12.7. The fraction of sp³-hybridized carbons (Fsp3) is 0.690. The van der Waals surface area contributed by atoms with Crippen molar-refractivity contribution >= 4 is 5.97 Å². The van der Waals surface area contributed by atoms with Crippen LogP contribution < -0.4 is 0 Å². The first kappa shape index (κ1) is 27.3. The molecule has 0 radical (unpaired) electrons. The quantitative estimate of drug-likeness (QED) is 0.343. The summed E-state index contributed by atoms with van der Waals surface area (Å²) in [5.74, 6) is -0.0805. The second-order valence-electron chi connectivity index (χ2n) is 11.0. The molecule has 0 amide bonds. The minimum atomic E-state index is -1.01. The summed E-state index contributed by atoms with van der Waals surface area (Å²) in [6.45, 7) is 8.99. The van der Waals surface area contributed by atoms with Gasteiger partial charge in [-0.3, -0.25) is 0 Å². The topological polar surface area (TPSA) is 97.8 Å². The molecule has 0 aromatic rings. The van der Waals surface area contributed by atoms with Crippen LogP contribution in [-0.4, -0.2) is 71.6 Å². The minimum Gasteiger partial charge on any atom is -0.456 e. The molecule has 2 bridgehead atoms. The van der Waals surface area contributed by atoms with Crippen molar-refractivity contribution in [1.82, 2.24) is 0 Å². The molecule has 2 saturated heterocycles. The summed E-state index contributed by atoms with van der Waals surface area (Å²) in [6.07, 6.45) is 11.8. The molecule has 0 aromatic heterocycles. The third-order valence-electron chi connectivity index (χ3n) is 7.55. The number of aliphatic hydroxyl groups is 2. The van der Waals surface area contributed by atoms with Crippen molar-refractivity contribution < 1.29 is 34.0 Å². The number of rotatable bonds is 3. The number of cyclic esters (lactones) is 1. The Morgan fingerprint density at radius 3 is 2.75 bits per heavy atom. The van der Waals surface area contributed by atoms with E-state index in [-0.39, 0.29) is 30.5 Å². The van der Waals surface area contributed by atoms with Crippen molar-refractivity contribution in [2.75, 3.05) is 6.61 Å². The molecule has 36 heavy (non-hydrogen) atoms. The number of esters is 1. The lowest BCUT2D eigenvalue weighted by molar-refractivity contribution is -0.148. The number of hydrogen-bond donors (Lipinski definition) is 2. The molecule has 4 aliphatic heterocycles. The number of aliphatic hydroxyl groups excluding tert-OH is 2. The van der Waals surface area contributed by atoms with Crippen LogP contribution in [0.5, 0.6) is 0 Å². The zero-order valence-corrected chi connectivity index (χ0v) is 21.6. The fourth-order valence-corrected chi connectivity index (χ4v) is 5.58. The van der Waals surface area contributed by atoms with Crippen LogP contribution in [-0.2, 0) is 23.7 Å². The molecular formula is C29H42O7. The summed E-state index contributed by atoms with van der Waals surface area (Å²) in [6, 6.07) is 0. The van der Waals surface area contributed by atoms with E-state index in [2.05, 4.69) is 20.4 Å². The monoisotopic (exact) mass is 502 g/mol. The van der Waals surface area contributed by atoms with E-state index in [4.69, 9.17) is 18.9 Å². The summed E-state index contributed by atoms with van der Waals surface area (Å²) in [7, 11) is 0. The average molecular weight is 503 g/mol. The van der Waals surface area contributed by atoms with Crippen molar-refractivity contribution in [3.05, 3.63) is 48.1 Å². The average Bonchev–Trinajstić information content (AvgIpc) is 3.45. The van der Waals surface area contributed by atoms with Crippen molar-refractivity contribution in [3.63, 3.8) is 0 Å². The Hall–Kier alpha value is -1.77. The first-order valence-corrected chi connectivity index (χ1v) is 13.4. The normalized spacial score (nSPS) is 39.6. The molecule has 0 aromatic carbocycles. The number of fused-ring (bicyclic) bond motifs is 3. The summed E-state index contributed by atoms with van der Waals surface area (Å²) in [5, 5.41) is 21.6. The lowest BCUT2D eigenvalue weighted by Gasteiger charge is -2.22. The number of carbonyl (C=O) groups excluding carboxylic acids is 1. The standard InChI is InChI=1S/C29H42O7/c1-18-11-12-33-22(14-18)9-10-24(30)26-17-27-29(36-27)25(31)16-20(3)13-19(2)15-23-8-7-21(34-23)5-4-6-28(32)35-26/h4,6,9-11,19,21-27,29-31H,3,5,7-8,12-17H2,1-2H3/t19-,21+,22+,23-,24-,25-,26-,27-,29-/m0/s1. The van der Waals surface area contributed by atoms with E-state index in [1.54, 1.807) is 12.2 Å². The highest BCUT2D eigenvalue weighted by molar-refractivity contribution is 5.82. The van der Waals surface area contributed by atoms with Gasteiger partial charge < -0.3 is 29.2 Å². The van der Waals surface area contributed by atoms with Gasteiger partial charge in [0.15, 0.2) is 0 Å². The van der Waals surface area contributed by atoms with Crippen LogP contribution in [0.25, 0.3) is 0 Å². The molecule has 2 fully saturated rings. The summed E-state index contributed by atoms with van der Waals surface area (Å²) in [4.78, 5) is 12.6. The van der Waals surface area contributed by atoms with Crippen LogP contribution in [0.3, 0.4) is 0 Å². The number of epoxide rings is 1. The van der Waals surface area contributed by atoms with E-state index in [1.807, 2.05) is 12.2 Å². The molecular weight excluding hydrogens is 460 g/mol. The largest absolute Gasteiger partial charge is 0.456 e. The van der Waals surface area contributed by atoms with Gasteiger partial charge in [0.05, 0.1) is 37.1 Å². The molecule has 4 heterocycles. The number of carbonyl (C=O) groups is 1. The van der Waals surface area contributed by atoms with Crippen LogP contribution in [0.1, 0.15) is 65.2 Å². The zero-order chi connectivity index (χ0) is 25.7. The predicted octanol–water partition coefficient (Wildman–Crippen LogP) is 3.94. The molecule has 4 aliphatic rings. The van der Waals surface area contributed by atoms with Crippen molar-refractivity contribution in [3.8, 4) is 0 Å². The van der Waals surface area contributed by atoms with E-state index >= 15 is 0 Å². The minimum absolute atomic E-state index is 0.105. The van der Waals surface area contributed by atoms with E-state index in [0.717, 1.165) is 37.7 Å². The number of ether oxygens (including phenoxy) is 4. The molecule has 7 nitrogen and oxygen atoms in total. The van der Waals surface area contributed by atoms with Crippen LogP contribution in [0.15, 0.2) is 48.1 Å². The van der Waals surface area contributed by atoms with Crippen LogP contribution in [0.4, 0.5) is 0 Å². The SMILES string of the molecule is C=C1C[C@H](C)C[C@@H]2CC[C@@H](CC=CC(=O)O[C@H]([C@@H](O)C=C[C@@H]3CC(C)=CCO3)C[C@@H]3O[C@H]3[C@@H](O)C1)O2. The maximum atomic E-state index is 12.6. The Morgan fingerprint density at radius 1 is 1.14 bits per heavy atom. The third-order valence-corrected chi connectivity index (χ3v) is 7.55. The fourth-order valence-electron chi connectivity index (χ4n) is 5.58. The molecule has 7 heteroatoms. The molecule has 0 spiro atoms. The summed E-state index contributed by atoms with van der Waals surface area (Å²) in [5.41, 5.74) is 2.25. The Morgan fingerprint density at radius 2 is 1.94 bits per heavy atom. The molecule has 4 rings (SSSR count). The lowest BCUT2D eigenvalue weighted by atomic mass is 9.91. The molecule has 9 atom stereocenters. The predicted molar refractivity (Wildman–Crippen MR) is 136 cm³/mol. The van der Waals surface area contributed by atoms with Crippen molar-refractivity contribution in [2.24, 2.45) is 5.92 Å². The third kappa shape index (κ3) is 8.12. The highest BCUT2D eigenvalue weighted by Crippen LogP contribution is 2.35. The zero-order valence-electron chi connectivity index (χ0n) is 21.6. The van der Waals surface area contributed by atoms with Crippen LogP contribution in [0.2, 0.25) is 0 Å². The Labute approximate surface area is 214 Å². The van der Waals surface area contributed by atoms with Crippen LogP contribution in [0, 0.1) is 5.92 Å². The molecule has 0 saturated carbocycles. The highest BCUT2D eigenvalue weighted by atomic mass is 16.6. The maximum absolute atomic E-state index is 12.6. The van der Waals surface area contributed by atoms with Gasteiger partial charge in [0.2, 0.25) is 0 Å². The Bertz CT molecular complexity index is 862. The van der Waals surface area contributed by atoms with E-state index in [1.165, 1.54) is 11.6 Å². The van der Waals surface area contributed by atoms with E-state index < -0.39 is 24.3 Å². The van der Waals surface area contributed by atoms with Crippen molar-refractivity contribution in [1.29, 1.82) is 0 Å². The van der Waals surface area contributed by atoms with Gasteiger partial charge in [0, 0.05) is 12.5 Å². The highest BCUT2D eigenvalue weighted by Gasteiger charge is 2.46. The van der Waals surface area contributed by atoms with Gasteiger partial charge >= 0.3 is 5.97 Å². The van der Waals surface area contributed by atoms with Gasteiger partial charge in [-0.25, -0.2) is 4.79 Å². The molecule has 2 N–H and O–H groups in total. The Balaban J connectivity index is 1.42. The number of hydrogen-bond acceptors (Lipinski definition) is 7. The van der Waals surface area contributed by atoms with Gasteiger partial charge in [-0.15, -0.1) is 0 Å². The van der Waals surface area contributed by atoms with Crippen LogP contribution >= 0.6 is 0 Å². The summed E-state index contributed by atoms with van der Waals surface area (Å²) < 4.78 is 23.3. The molecule has 0 unspecified atom stereocenters. The first-order valence-electron chi connectivity index (χ1n) is 13.4. The van der Waals surface area contributed by atoms with Crippen molar-refractivity contribution in [2.45, 2.75) is 114 Å². The van der Waals surface area contributed by atoms with Gasteiger partial charge in [-0.1, -0.05) is 49.0 Å². The molecule has 200 valence electrons. The summed E-state index contributed by atoms with van der Waals surface area (Å²) >= 11 is 0. The van der Waals surface area contributed by atoms with E-state index in [9.17, 15) is 15.0 Å².